The molecule has 3 heterocycles. The summed E-state index contributed by atoms with van der Waals surface area (Å²) in [6.45, 7) is 1.25. The number of aromatic nitrogens is 1. The summed E-state index contributed by atoms with van der Waals surface area (Å²) in [7, 11) is 6.16. The van der Waals surface area contributed by atoms with E-state index in [0.717, 1.165) is 28.8 Å². The zero-order valence-corrected chi connectivity index (χ0v) is 19.6. The van der Waals surface area contributed by atoms with Crippen LogP contribution in [0, 0.1) is 0 Å². The van der Waals surface area contributed by atoms with E-state index in [9.17, 15) is 9.59 Å². The summed E-state index contributed by atoms with van der Waals surface area (Å²) < 4.78 is 21.5. The molecule has 3 aromatic rings. The number of carbonyl (C=O) groups is 2. The van der Waals surface area contributed by atoms with Gasteiger partial charge in [0.05, 0.1) is 46.6 Å². The second-order valence-corrected chi connectivity index (χ2v) is 8.38. The summed E-state index contributed by atoms with van der Waals surface area (Å²) in [5.74, 6) is 1.49. The largest absolute Gasteiger partial charge is 0.497 e. The molecule has 1 aromatic heterocycles. The third-order valence-electron chi connectivity index (χ3n) is 6.68. The molecule has 5 rings (SSSR count). The highest BCUT2D eigenvalue weighted by molar-refractivity contribution is 6.22. The van der Waals surface area contributed by atoms with E-state index in [-0.39, 0.29) is 18.2 Å². The molecule has 1 fully saturated rings. The number of methoxy groups -OCH3 is 4. The first-order valence-corrected chi connectivity index (χ1v) is 11.1. The number of benzene rings is 2. The van der Waals surface area contributed by atoms with Gasteiger partial charge in [-0.2, -0.15) is 0 Å². The monoisotopic (exact) mass is 465 g/mol. The second-order valence-electron chi connectivity index (χ2n) is 8.38. The normalized spacial score (nSPS) is 18.4. The van der Waals surface area contributed by atoms with Crippen molar-refractivity contribution < 1.29 is 28.5 Å². The van der Waals surface area contributed by atoms with Crippen molar-refractivity contribution in [2.75, 3.05) is 39.9 Å². The third kappa shape index (κ3) is 3.43. The first-order valence-electron chi connectivity index (χ1n) is 11.1. The maximum Gasteiger partial charge on any atom is 0.251 e. The molecule has 0 radical (unpaired) electrons. The average Bonchev–Trinajstić information content (AvgIpc) is 3.37. The van der Waals surface area contributed by atoms with Gasteiger partial charge in [-0.25, -0.2) is 4.90 Å². The molecule has 1 atom stereocenters. The molecule has 1 saturated heterocycles. The van der Waals surface area contributed by atoms with E-state index in [0.29, 0.717) is 36.0 Å². The van der Waals surface area contributed by atoms with Crippen LogP contribution in [0.2, 0.25) is 0 Å². The van der Waals surface area contributed by atoms with E-state index in [1.807, 2.05) is 18.2 Å². The molecule has 2 aliphatic heterocycles. The van der Waals surface area contributed by atoms with Gasteiger partial charge < -0.3 is 23.9 Å². The van der Waals surface area contributed by atoms with Gasteiger partial charge in [0, 0.05) is 41.8 Å². The topological polar surface area (TPSA) is 93.3 Å². The number of nitrogens with zero attached hydrogens (tertiary/aromatic N) is 2. The molecule has 2 aliphatic rings. The van der Waals surface area contributed by atoms with Gasteiger partial charge >= 0.3 is 0 Å². The Hall–Kier alpha value is -3.72. The number of anilines is 1. The Kier molecular flexibility index (Phi) is 5.57. The molecule has 0 bridgehead atoms. The van der Waals surface area contributed by atoms with Crippen molar-refractivity contribution in [2.24, 2.45) is 0 Å². The molecule has 2 amide bonds. The highest BCUT2D eigenvalue weighted by Crippen LogP contribution is 2.42. The van der Waals surface area contributed by atoms with E-state index in [1.165, 1.54) is 31.8 Å². The molecule has 1 N–H and O–H groups in total. The number of ether oxygens (including phenoxy) is 4. The number of amides is 2. The smallest absolute Gasteiger partial charge is 0.251 e. The SMILES string of the molecule is COc1ccc2[nH]c3c(c2c1)CCN([C@H]1CC(=O)N(c2cc(OC)c(OC)c(OC)c2)C1=O)C3. The molecule has 0 aliphatic carbocycles. The second kappa shape index (κ2) is 8.57. The molecular formula is C25H27N3O6. The Balaban J connectivity index is 1.42. The predicted molar refractivity (Wildman–Crippen MR) is 126 cm³/mol. The van der Waals surface area contributed by atoms with Crippen molar-refractivity contribution in [3.8, 4) is 23.0 Å². The van der Waals surface area contributed by atoms with Gasteiger partial charge in [0.2, 0.25) is 11.7 Å². The van der Waals surface area contributed by atoms with Gasteiger partial charge in [0.15, 0.2) is 11.5 Å². The third-order valence-corrected chi connectivity index (χ3v) is 6.68. The number of rotatable bonds is 6. The summed E-state index contributed by atoms with van der Waals surface area (Å²) in [5, 5.41) is 1.14. The number of nitrogens with one attached hydrogen (secondary N) is 1. The quantitative estimate of drug-likeness (QED) is 0.560. The molecule has 9 heteroatoms. The van der Waals surface area contributed by atoms with Crippen LogP contribution in [-0.2, 0) is 22.6 Å². The lowest BCUT2D eigenvalue weighted by Crippen LogP contribution is -2.44. The minimum absolute atomic E-state index is 0.124. The van der Waals surface area contributed by atoms with Crippen molar-refractivity contribution in [1.82, 2.24) is 9.88 Å². The lowest BCUT2D eigenvalue weighted by Gasteiger charge is -2.30. The van der Waals surface area contributed by atoms with E-state index in [4.69, 9.17) is 18.9 Å². The molecule has 9 nitrogen and oxygen atoms in total. The molecule has 178 valence electrons. The van der Waals surface area contributed by atoms with E-state index >= 15 is 0 Å². The fraction of sp³-hybridized carbons (Fsp3) is 0.360. The Labute approximate surface area is 197 Å². The van der Waals surface area contributed by atoms with Gasteiger partial charge in [-0.15, -0.1) is 0 Å². The van der Waals surface area contributed by atoms with Gasteiger partial charge in [-0.3, -0.25) is 14.5 Å². The molecule has 2 aromatic carbocycles. The first kappa shape index (κ1) is 22.1. The van der Waals surface area contributed by atoms with Crippen LogP contribution in [0.25, 0.3) is 10.9 Å². The zero-order chi connectivity index (χ0) is 24.0. The summed E-state index contributed by atoms with van der Waals surface area (Å²) in [6.07, 6.45) is 0.906. The predicted octanol–water partition coefficient (Wildman–Crippen LogP) is 2.89. The summed E-state index contributed by atoms with van der Waals surface area (Å²) >= 11 is 0. The van der Waals surface area contributed by atoms with Crippen molar-refractivity contribution in [1.29, 1.82) is 0 Å². The van der Waals surface area contributed by atoms with Crippen molar-refractivity contribution >= 4 is 28.4 Å². The Morgan fingerprint density at radius 1 is 0.941 bits per heavy atom. The summed E-state index contributed by atoms with van der Waals surface area (Å²) in [6, 6.07) is 8.69. The standard InChI is InChI=1S/C25H27N3O6/c1-31-15-5-6-18-17(11-15)16-7-8-27(13-19(16)26-18)20-12-23(29)28(25(20)30)14-9-21(32-2)24(34-4)22(10-14)33-3/h5-6,9-11,20,26H,7-8,12-13H2,1-4H3/t20-/m0/s1. The van der Waals surface area contributed by atoms with Crippen LogP contribution < -0.4 is 23.8 Å². The maximum absolute atomic E-state index is 13.5. The molecule has 0 spiro atoms. The van der Waals surface area contributed by atoms with Crippen molar-refractivity contribution in [3.05, 3.63) is 41.6 Å². The van der Waals surface area contributed by atoms with E-state index in [2.05, 4.69) is 9.88 Å². The summed E-state index contributed by atoms with van der Waals surface area (Å²) in [4.78, 5) is 33.2. The first-order chi connectivity index (χ1) is 16.5. The highest BCUT2D eigenvalue weighted by Gasteiger charge is 2.44. The Bertz CT molecular complexity index is 1260. The van der Waals surface area contributed by atoms with Crippen LogP contribution in [0.15, 0.2) is 30.3 Å². The lowest BCUT2D eigenvalue weighted by atomic mass is 10.0. The van der Waals surface area contributed by atoms with E-state index in [1.54, 1.807) is 19.2 Å². The number of carbonyl (C=O) groups excluding carboxylic acids is 2. The highest BCUT2D eigenvalue weighted by atomic mass is 16.5. The fourth-order valence-electron chi connectivity index (χ4n) is 5.00. The van der Waals surface area contributed by atoms with Crippen LogP contribution in [0.5, 0.6) is 23.0 Å². The minimum atomic E-state index is -0.527. The average molecular weight is 466 g/mol. The summed E-state index contributed by atoms with van der Waals surface area (Å²) in [5.41, 5.74) is 3.76. The van der Waals surface area contributed by atoms with Gasteiger partial charge in [-0.05, 0) is 30.2 Å². The molecular weight excluding hydrogens is 438 g/mol. The van der Waals surface area contributed by atoms with Crippen molar-refractivity contribution in [2.45, 2.75) is 25.4 Å². The number of H-pyrrole nitrogens is 1. The maximum atomic E-state index is 13.5. The molecule has 0 unspecified atom stereocenters. The minimum Gasteiger partial charge on any atom is -0.497 e. The lowest BCUT2D eigenvalue weighted by molar-refractivity contribution is -0.123. The van der Waals surface area contributed by atoms with Crippen LogP contribution >= 0.6 is 0 Å². The van der Waals surface area contributed by atoms with Crippen LogP contribution in [0.4, 0.5) is 5.69 Å². The van der Waals surface area contributed by atoms with Crippen LogP contribution in [0.1, 0.15) is 17.7 Å². The zero-order valence-electron chi connectivity index (χ0n) is 19.6. The fourth-order valence-corrected chi connectivity index (χ4v) is 5.00. The number of imide groups is 1. The Morgan fingerprint density at radius 2 is 1.68 bits per heavy atom. The van der Waals surface area contributed by atoms with E-state index < -0.39 is 6.04 Å². The number of hydrogen-bond acceptors (Lipinski definition) is 7. The number of fused-ring (bicyclic) bond motifs is 3. The van der Waals surface area contributed by atoms with Crippen molar-refractivity contribution in [3.63, 3.8) is 0 Å². The molecule has 34 heavy (non-hydrogen) atoms. The number of aromatic amines is 1. The van der Waals surface area contributed by atoms with Gasteiger partial charge in [0.25, 0.3) is 5.91 Å². The van der Waals surface area contributed by atoms with Crippen LogP contribution in [-0.4, -0.2) is 62.7 Å². The number of hydrogen-bond donors (Lipinski definition) is 1. The Morgan fingerprint density at radius 3 is 2.32 bits per heavy atom. The van der Waals surface area contributed by atoms with Crippen LogP contribution in [0.3, 0.4) is 0 Å². The van der Waals surface area contributed by atoms with Gasteiger partial charge in [0.1, 0.15) is 5.75 Å². The van der Waals surface area contributed by atoms with Gasteiger partial charge in [-0.1, -0.05) is 0 Å². The molecule has 0 saturated carbocycles.